The van der Waals surface area contributed by atoms with E-state index in [2.05, 4.69) is 15.5 Å². The van der Waals surface area contributed by atoms with E-state index in [1.54, 1.807) is 0 Å². The van der Waals surface area contributed by atoms with E-state index in [4.69, 9.17) is 11.6 Å². The first-order valence-electron chi connectivity index (χ1n) is 9.05. The number of aryl methyl sites for hydroxylation is 1. The molecule has 1 aliphatic heterocycles. The van der Waals surface area contributed by atoms with Gasteiger partial charge in [-0.2, -0.15) is 9.40 Å². The Morgan fingerprint density at radius 3 is 2.79 bits per heavy atom. The SMILES string of the molecule is Cc1[nH]nc(C(F)F)c1NC(=O)c1ccc(Cl)c(S(=O)(=O)N2CCCC(C)C2)c1. The van der Waals surface area contributed by atoms with Crippen molar-refractivity contribution >= 4 is 33.2 Å². The van der Waals surface area contributed by atoms with Crippen molar-refractivity contribution in [2.24, 2.45) is 5.92 Å². The number of hydrogen-bond donors (Lipinski definition) is 2. The van der Waals surface area contributed by atoms with Crippen molar-refractivity contribution in [1.29, 1.82) is 0 Å². The smallest absolute Gasteiger partial charge is 0.284 e. The zero-order valence-corrected chi connectivity index (χ0v) is 17.4. The highest BCUT2D eigenvalue weighted by molar-refractivity contribution is 7.89. The van der Waals surface area contributed by atoms with Gasteiger partial charge in [-0.15, -0.1) is 0 Å². The molecule has 7 nitrogen and oxygen atoms in total. The lowest BCUT2D eigenvalue weighted by atomic mass is 10.0. The number of nitrogens with one attached hydrogen (secondary N) is 2. The molecule has 1 unspecified atom stereocenters. The van der Waals surface area contributed by atoms with Crippen molar-refractivity contribution in [3.8, 4) is 0 Å². The maximum Gasteiger partial charge on any atom is 0.284 e. The summed E-state index contributed by atoms with van der Waals surface area (Å²) in [7, 11) is -3.89. The first-order valence-corrected chi connectivity index (χ1v) is 10.9. The van der Waals surface area contributed by atoms with Crippen molar-refractivity contribution in [3.63, 3.8) is 0 Å². The number of halogens is 3. The lowest BCUT2D eigenvalue weighted by Crippen LogP contribution is -2.39. The monoisotopic (exact) mass is 446 g/mol. The summed E-state index contributed by atoms with van der Waals surface area (Å²) in [4.78, 5) is 12.4. The number of carbonyl (C=O) groups excluding carboxylic acids is 1. The number of nitrogens with zero attached hydrogens (tertiary/aromatic N) is 2. The first-order chi connectivity index (χ1) is 13.6. The standard InChI is InChI=1S/C18H21ClF2N4O3S/c1-10-4-3-7-25(9-10)29(27,28)14-8-12(5-6-13(14)19)18(26)22-15-11(2)23-24-16(15)17(20)21/h5-6,8,10,17H,3-4,7,9H2,1-2H3,(H,22,26)(H,23,24). The molecular formula is C18H21ClF2N4O3S. The van der Waals surface area contributed by atoms with Gasteiger partial charge in [0.25, 0.3) is 12.3 Å². The van der Waals surface area contributed by atoms with E-state index in [1.807, 2.05) is 6.92 Å². The number of amides is 1. The fraction of sp³-hybridized carbons (Fsp3) is 0.444. The van der Waals surface area contributed by atoms with Crippen LogP contribution < -0.4 is 5.32 Å². The van der Waals surface area contributed by atoms with Gasteiger partial charge in [-0.05, 0) is 43.9 Å². The van der Waals surface area contributed by atoms with Crippen LogP contribution >= 0.6 is 11.6 Å². The Bertz CT molecular complexity index is 1030. The quantitative estimate of drug-likeness (QED) is 0.726. The molecule has 1 aromatic carbocycles. The maximum atomic E-state index is 13.1. The molecule has 1 saturated heterocycles. The van der Waals surface area contributed by atoms with Crippen LogP contribution in [0, 0.1) is 12.8 Å². The van der Waals surface area contributed by atoms with Gasteiger partial charge in [0, 0.05) is 18.7 Å². The minimum absolute atomic E-state index is 0.00691. The molecule has 2 N–H and O–H groups in total. The van der Waals surface area contributed by atoms with Crippen LogP contribution in [0.3, 0.4) is 0 Å². The van der Waals surface area contributed by atoms with Crippen LogP contribution in [0.2, 0.25) is 5.02 Å². The molecule has 1 aliphatic rings. The average Bonchev–Trinajstić information content (AvgIpc) is 3.02. The highest BCUT2D eigenvalue weighted by atomic mass is 35.5. The van der Waals surface area contributed by atoms with Gasteiger partial charge in [-0.25, -0.2) is 17.2 Å². The average molecular weight is 447 g/mol. The molecule has 0 saturated carbocycles. The van der Waals surface area contributed by atoms with E-state index < -0.39 is 28.0 Å². The molecule has 1 aromatic heterocycles. The lowest BCUT2D eigenvalue weighted by Gasteiger charge is -2.30. The molecule has 0 spiro atoms. The molecule has 29 heavy (non-hydrogen) atoms. The van der Waals surface area contributed by atoms with E-state index in [1.165, 1.54) is 29.4 Å². The van der Waals surface area contributed by atoms with Crippen LogP contribution in [0.4, 0.5) is 14.5 Å². The molecular weight excluding hydrogens is 426 g/mol. The third kappa shape index (κ3) is 4.44. The van der Waals surface area contributed by atoms with Gasteiger partial charge in [0.15, 0.2) is 5.69 Å². The second-order valence-electron chi connectivity index (χ2n) is 7.12. The molecule has 2 aromatic rings. The van der Waals surface area contributed by atoms with Crippen LogP contribution in [-0.2, 0) is 10.0 Å². The highest BCUT2D eigenvalue weighted by Crippen LogP contribution is 2.31. The number of carbonyl (C=O) groups is 1. The Hall–Kier alpha value is -2.04. The largest absolute Gasteiger partial charge is 0.319 e. The summed E-state index contributed by atoms with van der Waals surface area (Å²) in [6.45, 7) is 4.22. The highest BCUT2D eigenvalue weighted by Gasteiger charge is 2.31. The number of sulfonamides is 1. The van der Waals surface area contributed by atoms with Gasteiger partial charge >= 0.3 is 0 Å². The molecule has 158 valence electrons. The number of rotatable bonds is 5. The summed E-state index contributed by atoms with van der Waals surface area (Å²) in [5, 5.41) is 8.26. The number of hydrogen-bond acceptors (Lipinski definition) is 4. The lowest BCUT2D eigenvalue weighted by molar-refractivity contribution is 0.102. The van der Waals surface area contributed by atoms with Crippen LogP contribution in [0.15, 0.2) is 23.1 Å². The molecule has 0 radical (unpaired) electrons. The number of piperidine rings is 1. The van der Waals surface area contributed by atoms with Crippen molar-refractivity contribution in [2.75, 3.05) is 18.4 Å². The van der Waals surface area contributed by atoms with E-state index in [0.717, 1.165) is 12.8 Å². The number of alkyl halides is 2. The minimum Gasteiger partial charge on any atom is -0.319 e. The molecule has 1 fully saturated rings. The number of anilines is 1. The van der Waals surface area contributed by atoms with E-state index >= 15 is 0 Å². The van der Waals surface area contributed by atoms with E-state index in [0.29, 0.717) is 13.1 Å². The zero-order valence-electron chi connectivity index (χ0n) is 15.9. The molecule has 11 heteroatoms. The van der Waals surface area contributed by atoms with Gasteiger partial charge < -0.3 is 5.32 Å². The predicted octanol–water partition coefficient (Wildman–Crippen LogP) is 3.98. The van der Waals surface area contributed by atoms with Crippen molar-refractivity contribution in [2.45, 2.75) is 38.0 Å². The van der Waals surface area contributed by atoms with Crippen molar-refractivity contribution in [1.82, 2.24) is 14.5 Å². The fourth-order valence-electron chi connectivity index (χ4n) is 3.30. The molecule has 0 bridgehead atoms. The number of aromatic amines is 1. The van der Waals surface area contributed by atoms with Gasteiger partial charge in [-0.1, -0.05) is 18.5 Å². The second-order valence-corrected chi connectivity index (χ2v) is 9.43. The van der Waals surface area contributed by atoms with Crippen molar-refractivity contribution < 1.29 is 22.0 Å². The van der Waals surface area contributed by atoms with Crippen LogP contribution in [0.1, 0.15) is 47.9 Å². The fourth-order valence-corrected chi connectivity index (χ4v) is 5.39. The zero-order chi connectivity index (χ0) is 21.3. The maximum absolute atomic E-state index is 13.1. The molecule has 0 aliphatic carbocycles. The number of H-pyrrole nitrogens is 1. The topological polar surface area (TPSA) is 95.2 Å². The summed E-state index contributed by atoms with van der Waals surface area (Å²) >= 11 is 6.12. The van der Waals surface area contributed by atoms with E-state index in [-0.39, 0.29) is 32.8 Å². The third-order valence-electron chi connectivity index (χ3n) is 4.85. The summed E-state index contributed by atoms with van der Waals surface area (Å²) in [6, 6.07) is 3.82. The Morgan fingerprint density at radius 2 is 2.14 bits per heavy atom. The third-order valence-corrected chi connectivity index (χ3v) is 7.20. The van der Waals surface area contributed by atoms with Crippen LogP contribution in [-0.4, -0.2) is 41.9 Å². The normalized spacial score (nSPS) is 18.2. The Balaban J connectivity index is 1.91. The Morgan fingerprint density at radius 1 is 1.41 bits per heavy atom. The Labute approximate surface area is 172 Å². The van der Waals surface area contributed by atoms with Gasteiger partial charge in [0.05, 0.1) is 16.4 Å². The molecule has 1 amide bonds. The van der Waals surface area contributed by atoms with Crippen molar-refractivity contribution in [3.05, 3.63) is 40.2 Å². The second kappa shape index (κ2) is 8.37. The molecule has 1 atom stereocenters. The minimum atomic E-state index is -3.89. The number of aromatic nitrogens is 2. The summed E-state index contributed by atoms with van der Waals surface area (Å²) in [5.41, 5.74) is -0.467. The summed E-state index contributed by atoms with van der Waals surface area (Å²) < 4.78 is 53.6. The van der Waals surface area contributed by atoms with Crippen LogP contribution in [0.25, 0.3) is 0 Å². The molecule has 2 heterocycles. The Kier molecular flexibility index (Phi) is 6.25. The molecule has 3 rings (SSSR count). The van der Waals surface area contributed by atoms with E-state index in [9.17, 15) is 22.0 Å². The van der Waals surface area contributed by atoms with Gasteiger partial charge in [0.1, 0.15) is 4.90 Å². The van der Waals surface area contributed by atoms with Gasteiger partial charge in [0.2, 0.25) is 10.0 Å². The number of benzene rings is 1. The first kappa shape index (κ1) is 21.7. The summed E-state index contributed by atoms with van der Waals surface area (Å²) in [6.07, 6.45) is -1.19. The predicted molar refractivity (Wildman–Crippen MR) is 105 cm³/mol. The summed E-state index contributed by atoms with van der Waals surface area (Å²) in [5.74, 6) is -0.517. The van der Waals surface area contributed by atoms with Crippen LogP contribution in [0.5, 0.6) is 0 Å². The van der Waals surface area contributed by atoms with Gasteiger partial charge in [-0.3, -0.25) is 9.89 Å².